The maximum Gasteiger partial charge on any atom is 0.235 e. The van der Waals surface area contributed by atoms with Gasteiger partial charge in [0.2, 0.25) is 11.6 Å². The summed E-state index contributed by atoms with van der Waals surface area (Å²) in [6, 6.07) is 11.5. The Labute approximate surface area is 184 Å². The fraction of sp³-hybridized carbons (Fsp3) is 0.423. The Hall–Kier alpha value is -2.79. The molecule has 0 bridgehead atoms. The maximum atomic E-state index is 12.9. The third kappa shape index (κ3) is 5.67. The van der Waals surface area contributed by atoms with Crippen molar-refractivity contribution < 1.29 is 14.7 Å². The number of nitrogens with one attached hydrogen (secondary N) is 1. The van der Waals surface area contributed by atoms with E-state index >= 15 is 0 Å². The molecule has 0 amide bonds. The van der Waals surface area contributed by atoms with Crippen molar-refractivity contribution in [1.82, 2.24) is 10.3 Å². The predicted octanol–water partition coefficient (Wildman–Crippen LogP) is 5.59. The molecule has 3 rings (SSSR count). The summed E-state index contributed by atoms with van der Waals surface area (Å²) in [4.78, 5) is 30.0. The van der Waals surface area contributed by atoms with Crippen LogP contribution in [0, 0.1) is 0 Å². The number of benzene rings is 1. The van der Waals surface area contributed by atoms with Crippen molar-refractivity contribution >= 4 is 17.3 Å². The summed E-state index contributed by atoms with van der Waals surface area (Å²) in [7, 11) is 0. The standard InChI is InChI=1S/C26H32N2O3/c1-2-3-4-5-6-7-8-12-18-28-23(21-16-11-13-17-27-21)22-24(29)19-14-9-10-15-20(19)25(30)26(22)31/h9-11,13-17,23,28-29H,2-8,12,18H2,1H3. The summed E-state index contributed by atoms with van der Waals surface area (Å²) in [6.07, 6.45) is 11.3. The number of pyridine rings is 1. The highest BCUT2D eigenvalue weighted by Gasteiger charge is 2.37. The van der Waals surface area contributed by atoms with Crippen molar-refractivity contribution in [3.63, 3.8) is 0 Å². The molecule has 0 spiro atoms. The van der Waals surface area contributed by atoms with E-state index in [1.54, 1.807) is 36.5 Å². The molecule has 0 aliphatic heterocycles. The van der Waals surface area contributed by atoms with Crippen molar-refractivity contribution in [3.05, 3.63) is 71.1 Å². The minimum Gasteiger partial charge on any atom is -0.507 e. The number of unbranched alkanes of at least 4 members (excludes halogenated alkanes) is 7. The van der Waals surface area contributed by atoms with E-state index in [0.29, 0.717) is 17.8 Å². The van der Waals surface area contributed by atoms with Crippen molar-refractivity contribution in [2.24, 2.45) is 0 Å². The van der Waals surface area contributed by atoms with Crippen LogP contribution in [0.2, 0.25) is 0 Å². The molecule has 0 fully saturated rings. The van der Waals surface area contributed by atoms with E-state index in [9.17, 15) is 14.7 Å². The van der Waals surface area contributed by atoms with Gasteiger partial charge in [0.25, 0.3) is 0 Å². The van der Waals surface area contributed by atoms with Gasteiger partial charge in [0, 0.05) is 17.3 Å². The number of carbonyl (C=O) groups is 2. The number of hydrogen-bond donors (Lipinski definition) is 2. The number of aliphatic hydroxyl groups is 1. The number of rotatable bonds is 12. The number of Topliss-reactive ketones (excluding diaryl/α,β-unsaturated/α-hetero) is 2. The van der Waals surface area contributed by atoms with Crippen LogP contribution in [-0.2, 0) is 4.79 Å². The molecule has 0 radical (unpaired) electrons. The third-order valence-electron chi connectivity index (χ3n) is 5.78. The van der Waals surface area contributed by atoms with Gasteiger partial charge >= 0.3 is 0 Å². The zero-order valence-electron chi connectivity index (χ0n) is 18.3. The molecule has 31 heavy (non-hydrogen) atoms. The van der Waals surface area contributed by atoms with E-state index in [2.05, 4.69) is 17.2 Å². The first-order chi connectivity index (χ1) is 15.1. The summed E-state index contributed by atoms with van der Waals surface area (Å²) in [5.74, 6) is -1.40. The number of fused-ring (bicyclic) bond motifs is 1. The van der Waals surface area contributed by atoms with Crippen molar-refractivity contribution in [3.8, 4) is 0 Å². The molecular weight excluding hydrogens is 388 g/mol. The van der Waals surface area contributed by atoms with Gasteiger partial charge in [0.1, 0.15) is 5.76 Å². The quantitative estimate of drug-likeness (QED) is 0.346. The van der Waals surface area contributed by atoms with Crippen LogP contribution in [0.15, 0.2) is 54.2 Å². The number of aliphatic hydroxyl groups excluding tert-OH is 1. The Morgan fingerprint density at radius 3 is 2.16 bits per heavy atom. The molecule has 1 unspecified atom stereocenters. The van der Waals surface area contributed by atoms with Crippen LogP contribution in [0.25, 0.3) is 5.76 Å². The molecule has 2 N–H and O–H groups in total. The van der Waals surface area contributed by atoms with Crippen LogP contribution < -0.4 is 5.32 Å². The van der Waals surface area contributed by atoms with Gasteiger partial charge in [-0.2, -0.15) is 0 Å². The monoisotopic (exact) mass is 420 g/mol. The molecule has 1 aliphatic rings. The molecule has 5 nitrogen and oxygen atoms in total. The van der Waals surface area contributed by atoms with Gasteiger partial charge in [-0.1, -0.05) is 82.2 Å². The molecule has 1 aromatic heterocycles. The van der Waals surface area contributed by atoms with Crippen molar-refractivity contribution in [1.29, 1.82) is 0 Å². The van der Waals surface area contributed by atoms with E-state index in [4.69, 9.17) is 0 Å². The number of aromatic nitrogens is 1. The predicted molar refractivity (Wildman–Crippen MR) is 123 cm³/mol. The molecular formula is C26H32N2O3. The number of nitrogens with zero attached hydrogens (tertiary/aromatic N) is 1. The minimum atomic E-state index is -0.671. The van der Waals surface area contributed by atoms with Gasteiger partial charge in [0.15, 0.2) is 0 Å². The Balaban J connectivity index is 1.72. The van der Waals surface area contributed by atoms with Gasteiger partial charge in [0.05, 0.1) is 17.3 Å². The van der Waals surface area contributed by atoms with Crippen LogP contribution >= 0.6 is 0 Å². The zero-order valence-corrected chi connectivity index (χ0v) is 18.3. The second-order valence-corrected chi connectivity index (χ2v) is 8.08. The second kappa shape index (κ2) is 11.6. The highest BCUT2D eigenvalue weighted by Crippen LogP contribution is 2.34. The lowest BCUT2D eigenvalue weighted by Crippen LogP contribution is -2.34. The van der Waals surface area contributed by atoms with E-state index in [1.807, 2.05) is 12.1 Å². The Morgan fingerprint density at radius 1 is 0.839 bits per heavy atom. The molecule has 164 valence electrons. The number of ketones is 2. The first-order valence-electron chi connectivity index (χ1n) is 11.4. The molecule has 0 saturated carbocycles. The molecule has 1 atom stereocenters. The van der Waals surface area contributed by atoms with Crippen LogP contribution in [0.3, 0.4) is 0 Å². The Kier molecular flexibility index (Phi) is 8.53. The lowest BCUT2D eigenvalue weighted by Gasteiger charge is -2.25. The van der Waals surface area contributed by atoms with E-state index in [1.165, 1.54) is 38.5 Å². The molecule has 5 heteroatoms. The first kappa shape index (κ1) is 22.9. The minimum absolute atomic E-state index is 0.0852. The smallest absolute Gasteiger partial charge is 0.235 e. The molecule has 1 aromatic carbocycles. The van der Waals surface area contributed by atoms with E-state index in [-0.39, 0.29) is 16.9 Å². The van der Waals surface area contributed by atoms with Gasteiger partial charge < -0.3 is 10.4 Å². The van der Waals surface area contributed by atoms with E-state index in [0.717, 1.165) is 12.8 Å². The number of hydrogen-bond acceptors (Lipinski definition) is 5. The molecule has 1 aliphatic carbocycles. The SMILES string of the molecule is CCCCCCCCCCNC(C1=C(O)c2ccccc2C(=O)C1=O)c1ccccn1. The average molecular weight is 421 g/mol. The van der Waals surface area contributed by atoms with Gasteiger partial charge in [-0.15, -0.1) is 0 Å². The van der Waals surface area contributed by atoms with Gasteiger partial charge in [-0.3, -0.25) is 14.6 Å². The summed E-state index contributed by atoms with van der Waals surface area (Å²) in [5.41, 5.74) is 1.35. The highest BCUT2D eigenvalue weighted by molar-refractivity contribution is 6.52. The van der Waals surface area contributed by atoms with E-state index < -0.39 is 17.6 Å². The highest BCUT2D eigenvalue weighted by atomic mass is 16.3. The molecule has 2 aromatic rings. The summed E-state index contributed by atoms with van der Waals surface area (Å²) >= 11 is 0. The molecule has 0 saturated heterocycles. The third-order valence-corrected chi connectivity index (χ3v) is 5.78. The summed E-state index contributed by atoms with van der Waals surface area (Å²) < 4.78 is 0. The normalized spacial score (nSPS) is 14.6. The second-order valence-electron chi connectivity index (χ2n) is 8.08. The fourth-order valence-corrected chi connectivity index (χ4v) is 4.06. The van der Waals surface area contributed by atoms with Gasteiger partial charge in [-0.25, -0.2) is 0 Å². The molecule has 1 heterocycles. The Morgan fingerprint density at radius 2 is 1.48 bits per heavy atom. The van der Waals surface area contributed by atoms with Crippen LogP contribution in [-0.4, -0.2) is 28.2 Å². The lowest BCUT2D eigenvalue weighted by atomic mass is 9.84. The Bertz CT molecular complexity index is 921. The lowest BCUT2D eigenvalue weighted by molar-refractivity contribution is -0.112. The van der Waals surface area contributed by atoms with Gasteiger partial charge in [-0.05, 0) is 25.1 Å². The first-order valence-corrected chi connectivity index (χ1v) is 11.4. The number of carbonyl (C=O) groups excluding carboxylic acids is 2. The van der Waals surface area contributed by atoms with Crippen LogP contribution in [0.1, 0.15) is 85.9 Å². The van der Waals surface area contributed by atoms with Crippen LogP contribution in [0.5, 0.6) is 0 Å². The topological polar surface area (TPSA) is 79.3 Å². The average Bonchev–Trinajstić information content (AvgIpc) is 2.81. The maximum absolute atomic E-state index is 12.9. The summed E-state index contributed by atoms with van der Waals surface area (Å²) in [5, 5.41) is 14.3. The zero-order chi connectivity index (χ0) is 22.1. The van der Waals surface area contributed by atoms with Crippen molar-refractivity contribution in [2.75, 3.05) is 6.54 Å². The van der Waals surface area contributed by atoms with Crippen molar-refractivity contribution in [2.45, 2.75) is 64.3 Å². The van der Waals surface area contributed by atoms with Crippen LogP contribution in [0.4, 0.5) is 0 Å². The largest absolute Gasteiger partial charge is 0.507 e. The fourth-order valence-electron chi connectivity index (χ4n) is 4.06. The summed E-state index contributed by atoms with van der Waals surface area (Å²) in [6.45, 7) is 2.90.